The Kier molecular flexibility index (Phi) is 5.24. The van der Waals surface area contributed by atoms with Gasteiger partial charge in [-0.3, -0.25) is 4.98 Å². The highest BCUT2D eigenvalue weighted by Gasteiger charge is 2.15. The van der Waals surface area contributed by atoms with E-state index in [-0.39, 0.29) is 0 Å². The molecule has 2 rings (SSSR count). The summed E-state index contributed by atoms with van der Waals surface area (Å²) in [5.41, 5.74) is 2.03. The second-order valence-corrected chi connectivity index (χ2v) is 4.95. The molecule has 0 radical (unpaired) electrons. The first-order valence-corrected chi connectivity index (χ1v) is 7.21. The molecule has 0 amide bonds. The fourth-order valence-electron chi connectivity index (χ4n) is 2.30. The molecule has 2 aromatic rings. The van der Waals surface area contributed by atoms with Crippen molar-refractivity contribution in [2.75, 3.05) is 6.54 Å². The molecule has 0 aliphatic rings. The minimum absolute atomic E-state index is 0.400. The van der Waals surface area contributed by atoms with Crippen LogP contribution in [0.25, 0.3) is 11.4 Å². The van der Waals surface area contributed by atoms with E-state index in [0.29, 0.717) is 17.8 Å². The van der Waals surface area contributed by atoms with Crippen LogP contribution in [-0.2, 0) is 6.42 Å². The highest BCUT2D eigenvalue weighted by Crippen LogP contribution is 2.19. The van der Waals surface area contributed by atoms with Gasteiger partial charge in [0.2, 0.25) is 11.7 Å². The fourth-order valence-corrected chi connectivity index (χ4v) is 2.30. The second kappa shape index (κ2) is 7.14. The molecule has 1 atom stereocenters. The average Bonchev–Trinajstić information content (AvgIpc) is 2.88. The molecule has 0 fully saturated rings. The molecule has 0 aliphatic heterocycles. The zero-order valence-electron chi connectivity index (χ0n) is 12.4. The van der Waals surface area contributed by atoms with Gasteiger partial charge in [0.15, 0.2) is 0 Å². The number of aromatic nitrogens is 3. The maximum Gasteiger partial charge on any atom is 0.228 e. The van der Waals surface area contributed by atoms with Gasteiger partial charge in [0.05, 0.1) is 0 Å². The molecule has 0 saturated carbocycles. The van der Waals surface area contributed by atoms with Crippen molar-refractivity contribution in [2.24, 2.45) is 0 Å². The summed E-state index contributed by atoms with van der Waals surface area (Å²) in [5, 5.41) is 7.53. The van der Waals surface area contributed by atoms with Crippen LogP contribution in [0.15, 0.2) is 23.0 Å². The van der Waals surface area contributed by atoms with Gasteiger partial charge in [-0.25, -0.2) is 0 Å². The molecule has 0 spiro atoms. The van der Waals surface area contributed by atoms with Gasteiger partial charge in [-0.05, 0) is 31.5 Å². The smallest absolute Gasteiger partial charge is 0.228 e. The van der Waals surface area contributed by atoms with Crippen molar-refractivity contribution in [1.82, 2.24) is 20.4 Å². The van der Waals surface area contributed by atoms with Crippen LogP contribution < -0.4 is 5.32 Å². The van der Waals surface area contributed by atoms with E-state index in [1.165, 1.54) is 0 Å². The Bertz CT molecular complexity index is 532. The van der Waals surface area contributed by atoms with Crippen LogP contribution in [0.3, 0.4) is 0 Å². The molecular formula is C15H22N4O. The Balaban J connectivity index is 2.10. The molecule has 0 aliphatic carbocycles. The Morgan fingerprint density at radius 1 is 1.35 bits per heavy atom. The van der Waals surface area contributed by atoms with Crippen molar-refractivity contribution in [2.45, 2.75) is 46.1 Å². The first-order chi connectivity index (χ1) is 9.74. The fraction of sp³-hybridized carbons (Fsp3) is 0.533. The maximum atomic E-state index is 5.38. The molecular weight excluding hydrogens is 252 g/mol. The number of nitrogens with one attached hydrogen (secondary N) is 1. The zero-order valence-corrected chi connectivity index (χ0v) is 12.4. The van der Waals surface area contributed by atoms with E-state index >= 15 is 0 Å². The number of aryl methyl sites for hydroxylation is 1. The molecule has 5 heteroatoms. The van der Waals surface area contributed by atoms with Crippen molar-refractivity contribution in [1.29, 1.82) is 0 Å². The minimum Gasteiger partial charge on any atom is -0.339 e. The first kappa shape index (κ1) is 14.7. The number of nitrogens with zero attached hydrogens (tertiary/aromatic N) is 3. The van der Waals surface area contributed by atoms with Crippen molar-refractivity contribution < 1.29 is 4.52 Å². The third-order valence-electron chi connectivity index (χ3n) is 3.28. The first-order valence-electron chi connectivity index (χ1n) is 7.21. The Hall–Kier alpha value is -1.75. The molecule has 0 aromatic carbocycles. The van der Waals surface area contributed by atoms with Crippen LogP contribution in [0.5, 0.6) is 0 Å². The van der Waals surface area contributed by atoms with Gasteiger partial charge < -0.3 is 9.84 Å². The van der Waals surface area contributed by atoms with E-state index in [2.05, 4.69) is 34.3 Å². The average molecular weight is 274 g/mol. The van der Waals surface area contributed by atoms with E-state index in [0.717, 1.165) is 36.9 Å². The van der Waals surface area contributed by atoms with Crippen LogP contribution in [0, 0.1) is 6.92 Å². The summed E-state index contributed by atoms with van der Waals surface area (Å²) in [6.07, 6.45) is 6.58. The lowest BCUT2D eigenvalue weighted by atomic mass is 10.1. The number of rotatable bonds is 7. The largest absolute Gasteiger partial charge is 0.339 e. The van der Waals surface area contributed by atoms with Crippen molar-refractivity contribution in [3.8, 4) is 11.4 Å². The predicted molar refractivity (Wildman–Crippen MR) is 78.3 cm³/mol. The van der Waals surface area contributed by atoms with Crippen LogP contribution in [0.2, 0.25) is 0 Å². The monoisotopic (exact) mass is 274 g/mol. The topological polar surface area (TPSA) is 63.8 Å². The summed E-state index contributed by atoms with van der Waals surface area (Å²) >= 11 is 0. The van der Waals surface area contributed by atoms with E-state index in [4.69, 9.17) is 4.52 Å². The van der Waals surface area contributed by atoms with Gasteiger partial charge >= 0.3 is 0 Å². The summed E-state index contributed by atoms with van der Waals surface area (Å²) in [6.45, 7) is 7.25. The molecule has 5 nitrogen and oxygen atoms in total. The Labute approximate surface area is 119 Å². The molecule has 108 valence electrons. The lowest BCUT2D eigenvalue weighted by molar-refractivity contribution is 0.352. The van der Waals surface area contributed by atoms with Crippen LogP contribution in [-0.4, -0.2) is 27.7 Å². The SMILES string of the molecule is CCCC(Cc1nc(-c2ccncc2C)no1)NCC. The van der Waals surface area contributed by atoms with Gasteiger partial charge in [-0.15, -0.1) is 0 Å². The Morgan fingerprint density at radius 3 is 2.90 bits per heavy atom. The summed E-state index contributed by atoms with van der Waals surface area (Å²) in [6, 6.07) is 2.31. The summed E-state index contributed by atoms with van der Waals surface area (Å²) in [4.78, 5) is 8.58. The van der Waals surface area contributed by atoms with Crippen LogP contribution in [0.1, 0.15) is 38.1 Å². The van der Waals surface area contributed by atoms with Crippen molar-refractivity contribution in [3.63, 3.8) is 0 Å². The van der Waals surface area contributed by atoms with Gasteiger partial charge in [0, 0.05) is 30.4 Å². The van der Waals surface area contributed by atoms with Gasteiger partial charge in [-0.1, -0.05) is 25.4 Å². The summed E-state index contributed by atoms with van der Waals surface area (Å²) in [5.74, 6) is 1.34. The van der Waals surface area contributed by atoms with E-state index in [9.17, 15) is 0 Å². The predicted octanol–water partition coefficient (Wildman–Crippen LogP) is 2.76. The van der Waals surface area contributed by atoms with Crippen LogP contribution >= 0.6 is 0 Å². The normalized spacial score (nSPS) is 12.6. The van der Waals surface area contributed by atoms with E-state index in [1.807, 2.05) is 19.2 Å². The van der Waals surface area contributed by atoms with Crippen LogP contribution in [0.4, 0.5) is 0 Å². The van der Waals surface area contributed by atoms with Crippen molar-refractivity contribution in [3.05, 3.63) is 29.9 Å². The maximum absolute atomic E-state index is 5.38. The summed E-state index contributed by atoms with van der Waals surface area (Å²) < 4.78 is 5.38. The lowest BCUT2D eigenvalue weighted by Gasteiger charge is -2.14. The minimum atomic E-state index is 0.400. The third kappa shape index (κ3) is 3.63. The van der Waals surface area contributed by atoms with Crippen molar-refractivity contribution >= 4 is 0 Å². The van der Waals surface area contributed by atoms with Gasteiger partial charge in [-0.2, -0.15) is 4.98 Å². The molecule has 2 heterocycles. The third-order valence-corrected chi connectivity index (χ3v) is 3.28. The van der Waals surface area contributed by atoms with E-state index in [1.54, 1.807) is 6.20 Å². The lowest BCUT2D eigenvalue weighted by Crippen LogP contribution is -2.30. The molecule has 0 saturated heterocycles. The Morgan fingerprint density at radius 2 is 2.20 bits per heavy atom. The van der Waals surface area contributed by atoms with Gasteiger partial charge in [0.1, 0.15) is 0 Å². The standard InChI is InChI=1S/C15H22N4O/c1-4-6-12(17-5-2)9-14-18-15(19-20-14)13-7-8-16-10-11(13)3/h7-8,10,12,17H,4-6,9H2,1-3H3. The highest BCUT2D eigenvalue weighted by molar-refractivity contribution is 5.57. The molecule has 2 aromatic heterocycles. The quantitative estimate of drug-likeness (QED) is 0.841. The number of hydrogen-bond acceptors (Lipinski definition) is 5. The zero-order chi connectivity index (χ0) is 14.4. The number of hydrogen-bond donors (Lipinski definition) is 1. The molecule has 0 bridgehead atoms. The molecule has 1 unspecified atom stereocenters. The van der Waals surface area contributed by atoms with E-state index < -0.39 is 0 Å². The highest BCUT2D eigenvalue weighted by atomic mass is 16.5. The second-order valence-electron chi connectivity index (χ2n) is 4.95. The molecule has 20 heavy (non-hydrogen) atoms. The molecule has 1 N–H and O–H groups in total. The number of likely N-dealkylation sites (N-methyl/N-ethyl adjacent to an activating group) is 1. The van der Waals surface area contributed by atoms with Gasteiger partial charge in [0.25, 0.3) is 0 Å². The number of pyridine rings is 1. The summed E-state index contributed by atoms with van der Waals surface area (Å²) in [7, 11) is 0.